The lowest BCUT2D eigenvalue weighted by Crippen LogP contribution is -2.23. The van der Waals surface area contributed by atoms with Crippen molar-refractivity contribution in [2.24, 2.45) is 0 Å². The zero-order chi connectivity index (χ0) is 16.4. The van der Waals surface area contributed by atoms with Gasteiger partial charge in [-0.1, -0.05) is 12.1 Å². The number of hydrogen-bond acceptors (Lipinski definition) is 3. The highest BCUT2D eigenvalue weighted by molar-refractivity contribution is 5.93. The summed E-state index contributed by atoms with van der Waals surface area (Å²) in [5.41, 5.74) is 2.29. The third-order valence-corrected chi connectivity index (χ3v) is 3.49. The van der Waals surface area contributed by atoms with E-state index in [4.69, 9.17) is 4.42 Å². The Kier molecular flexibility index (Phi) is 3.97. The Balaban J connectivity index is 1.66. The molecule has 0 saturated heterocycles. The highest BCUT2D eigenvalue weighted by Crippen LogP contribution is 2.20. The SMILES string of the molecule is Cc1ccc(-c2cc(C(=O)NCc3ccc(F)c(C)c3)n[nH]2)o1. The number of carbonyl (C=O) groups excluding carboxylic acids is 1. The summed E-state index contributed by atoms with van der Waals surface area (Å²) in [4.78, 5) is 12.1. The molecule has 0 spiro atoms. The van der Waals surface area contributed by atoms with Crippen LogP contribution in [0.15, 0.2) is 40.8 Å². The van der Waals surface area contributed by atoms with Gasteiger partial charge in [0.05, 0.1) is 0 Å². The molecule has 5 nitrogen and oxygen atoms in total. The van der Waals surface area contributed by atoms with E-state index in [1.54, 1.807) is 25.1 Å². The molecule has 0 saturated carbocycles. The standard InChI is InChI=1S/C17H16FN3O2/c1-10-7-12(4-5-13(10)18)9-19-17(22)15-8-14(20-21-15)16-6-3-11(2)23-16/h3-8H,9H2,1-2H3,(H,19,22)(H,20,21). The number of H-pyrrole nitrogens is 1. The minimum atomic E-state index is -0.308. The van der Waals surface area contributed by atoms with E-state index in [0.29, 0.717) is 23.6 Å². The molecule has 3 aromatic rings. The molecule has 0 radical (unpaired) electrons. The van der Waals surface area contributed by atoms with Crippen LogP contribution in [0.3, 0.4) is 0 Å². The van der Waals surface area contributed by atoms with E-state index in [1.165, 1.54) is 6.07 Å². The summed E-state index contributed by atoms with van der Waals surface area (Å²) in [6.45, 7) is 3.84. The fraction of sp³-hybridized carbons (Fsp3) is 0.176. The first-order chi connectivity index (χ1) is 11.0. The van der Waals surface area contributed by atoms with Crippen molar-refractivity contribution in [3.63, 3.8) is 0 Å². The topological polar surface area (TPSA) is 70.9 Å². The second-order valence-corrected chi connectivity index (χ2v) is 5.34. The lowest BCUT2D eigenvalue weighted by molar-refractivity contribution is 0.0946. The van der Waals surface area contributed by atoms with Gasteiger partial charge in [0, 0.05) is 12.6 Å². The second-order valence-electron chi connectivity index (χ2n) is 5.34. The van der Waals surface area contributed by atoms with E-state index in [1.807, 2.05) is 19.1 Å². The minimum absolute atomic E-state index is 0.259. The number of aromatic amines is 1. The maximum Gasteiger partial charge on any atom is 0.272 e. The van der Waals surface area contributed by atoms with E-state index in [-0.39, 0.29) is 17.4 Å². The maximum atomic E-state index is 13.2. The van der Waals surface area contributed by atoms with Crippen LogP contribution in [0.2, 0.25) is 0 Å². The summed E-state index contributed by atoms with van der Waals surface area (Å²) in [5, 5.41) is 9.52. The van der Waals surface area contributed by atoms with Crippen LogP contribution >= 0.6 is 0 Å². The molecule has 6 heteroatoms. The van der Waals surface area contributed by atoms with Gasteiger partial charge in [0.1, 0.15) is 17.3 Å². The van der Waals surface area contributed by atoms with Gasteiger partial charge in [0.2, 0.25) is 0 Å². The van der Waals surface area contributed by atoms with Crippen LogP contribution in [0.4, 0.5) is 4.39 Å². The molecule has 0 aliphatic rings. The molecule has 0 bridgehead atoms. The Labute approximate surface area is 132 Å². The minimum Gasteiger partial charge on any atom is -0.460 e. The van der Waals surface area contributed by atoms with Crippen molar-refractivity contribution >= 4 is 5.91 Å². The maximum absolute atomic E-state index is 13.2. The van der Waals surface area contributed by atoms with Crippen LogP contribution in [0.25, 0.3) is 11.5 Å². The van der Waals surface area contributed by atoms with Crippen molar-refractivity contribution in [1.82, 2.24) is 15.5 Å². The van der Waals surface area contributed by atoms with Crippen molar-refractivity contribution in [3.05, 3.63) is 64.8 Å². The fourth-order valence-electron chi connectivity index (χ4n) is 2.23. The van der Waals surface area contributed by atoms with Gasteiger partial charge in [-0.15, -0.1) is 0 Å². The monoisotopic (exact) mass is 313 g/mol. The number of hydrogen-bond donors (Lipinski definition) is 2. The summed E-state index contributed by atoms with van der Waals surface area (Å²) < 4.78 is 18.7. The van der Waals surface area contributed by atoms with Crippen LogP contribution in [0.5, 0.6) is 0 Å². The summed E-state index contributed by atoms with van der Waals surface area (Å²) in [5.74, 6) is 0.846. The van der Waals surface area contributed by atoms with E-state index < -0.39 is 0 Å². The first-order valence-electron chi connectivity index (χ1n) is 7.18. The lowest BCUT2D eigenvalue weighted by atomic mass is 10.1. The van der Waals surface area contributed by atoms with Gasteiger partial charge >= 0.3 is 0 Å². The molecule has 3 rings (SSSR count). The number of aryl methyl sites for hydroxylation is 2. The predicted molar refractivity (Wildman–Crippen MR) is 83.3 cm³/mol. The molecule has 1 amide bonds. The normalized spacial score (nSPS) is 10.7. The van der Waals surface area contributed by atoms with E-state index >= 15 is 0 Å². The van der Waals surface area contributed by atoms with Crippen LogP contribution in [0.1, 0.15) is 27.4 Å². The van der Waals surface area contributed by atoms with Gasteiger partial charge in [-0.2, -0.15) is 5.10 Å². The zero-order valence-electron chi connectivity index (χ0n) is 12.8. The molecule has 0 aliphatic carbocycles. The largest absolute Gasteiger partial charge is 0.460 e. The molecule has 0 fully saturated rings. The van der Waals surface area contributed by atoms with Gasteiger partial charge in [-0.3, -0.25) is 9.89 Å². The molecule has 0 atom stereocenters. The molecule has 2 aromatic heterocycles. The number of benzene rings is 1. The first-order valence-corrected chi connectivity index (χ1v) is 7.18. The van der Waals surface area contributed by atoms with Crippen LogP contribution in [-0.4, -0.2) is 16.1 Å². The highest BCUT2D eigenvalue weighted by Gasteiger charge is 2.13. The number of furan rings is 1. The van der Waals surface area contributed by atoms with E-state index in [9.17, 15) is 9.18 Å². The molecule has 118 valence electrons. The number of carbonyl (C=O) groups is 1. The number of amides is 1. The smallest absolute Gasteiger partial charge is 0.272 e. The van der Waals surface area contributed by atoms with E-state index in [2.05, 4.69) is 15.5 Å². The van der Waals surface area contributed by atoms with Crippen LogP contribution < -0.4 is 5.32 Å². The fourth-order valence-corrected chi connectivity index (χ4v) is 2.23. The van der Waals surface area contributed by atoms with Crippen molar-refractivity contribution < 1.29 is 13.6 Å². The van der Waals surface area contributed by atoms with Gasteiger partial charge in [-0.05, 0) is 43.2 Å². The quantitative estimate of drug-likeness (QED) is 0.776. The van der Waals surface area contributed by atoms with Crippen molar-refractivity contribution in [2.45, 2.75) is 20.4 Å². The highest BCUT2D eigenvalue weighted by atomic mass is 19.1. The lowest BCUT2D eigenvalue weighted by Gasteiger charge is -2.05. The van der Waals surface area contributed by atoms with Crippen molar-refractivity contribution in [1.29, 1.82) is 0 Å². The molecule has 1 aromatic carbocycles. The van der Waals surface area contributed by atoms with E-state index in [0.717, 1.165) is 11.3 Å². The summed E-state index contributed by atoms with van der Waals surface area (Å²) >= 11 is 0. The average molecular weight is 313 g/mol. The van der Waals surface area contributed by atoms with Gasteiger partial charge in [0.15, 0.2) is 11.5 Å². The molecule has 0 aliphatic heterocycles. The number of nitrogens with zero attached hydrogens (tertiary/aromatic N) is 1. The summed E-state index contributed by atoms with van der Waals surface area (Å²) in [7, 11) is 0. The third-order valence-electron chi connectivity index (χ3n) is 3.49. The Bertz CT molecular complexity index is 851. The average Bonchev–Trinajstić information content (AvgIpc) is 3.17. The second kappa shape index (κ2) is 6.08. The Hall–Kier alpha value is -2.89. The first kappa shape index (κ1) is 15.0. The predicted octanol–water partition coefficient (Wildman–Crippen LogP) is 3.36. The van der Waals surface area contributed by atoms with Gasteiger partial charge in [-0.25, -0.2) is 4.39 Å². The summed E-state index contributed by atoms with van der Waals surface area (Å²) in [6, 6.07) is 10.0. The Morgan fingerprint density at radius 3 is 2.78 bits per heavy atom. The summed E-state index contributed by atoms with van der Waals surface area (Å²) in [6.07, 6.45) is 0. The Morgan fingerprint density at radius 2 is 2.09 bits per heavy atom. The van der Waals surface area contributed by atoms with Crippen molar-refractivity contribution in [2.75, 3.05) is 0 Å². The molecule has 2 N–H and O–H groups in total. The molecule has 23 heavy (non-hydrogen) atoms. The number of halogens is 1. The zero-order valence-corrected chi connectivity index (χ0v) is 12.8. The third kappa shape index (κ3) is 3.31. The molecular formula is C17H16FN3O2. The number of nitrogens with one attached hydrogen (secondary N) is 2. The van der Waals surface area contributed by atoms with Gasteiger partial charge < -0.3 is 9.73 Å². The molecule has 0 unspecified atom stereocenters. The number of rotatable bonds is 4. The molecular weight excluding hydrogens is 297 g/mol. The van der Waals surface area contributed by atoms with Gasteiger partial charge in [0.25, 0.3) is 5.91 Å². The van der Waals surface area contributed by atoms with Crippen LogP contribution in [-0.2, 0) is 6.54 Å². The Morgan fingerprint density at radius 1 is 1.26 bits per heavy atom. The molecule has 2 heterocycles. The van der Waals surface area contributed by atoms with Crippen LogP contribution in [0, 0.1) is 19.7 Å². The number of aromatic nitrogens is 2. The van der Waals surface area contributed by atoms with Crippen molar-refractivity contribution in [3.8, 4) is 11.5 Å².